The highest BCUT2D eigenvalue weighted by Crippen LogP contribution is 2.46. The van der Waals surface area contributed by atoms with Crippen LogP contribution in [0.2, 0.25) is 0 Å². The van der Waals surface area contributed by atoms with E-state index in [0.29, 0.717) is 11.3 Å². The molecule has 1 N–H and O–H groups in total. The van der Waals surface area contributed by atoms with E-state index in [-0.39, 0.29) is 37.3 Å². The summed E-state index contributed by atoms with van der Waals surface area (Å²) < 4.78 is 22.8. The first-order valence-corrected chi connectivity index (χ1v) is 17.3. The van der Waals surface area contributed by atoms with Crippen LogP contribution in [-0.4, -0.2) is 54.6 Å². The molecule has 0 heterocycles. The normalized spacial score (nSPS) is 13.4. The van der Waals surface area contributed by atoms with Gasteiger partial charge in [-0.15, -0.1) is 0 Å². The van der Waals surface area contributed by atoms with E-state index in [1.807, 2.05) is 84.9 Å². The highest BCUT2D eigenvalue weighted by molar-refractivity contribution is 5.82. The smallest absolute Gasteiger partial charge is 0.497 e. The molecule has 9 nitrogen and oxygen atoms in total. The number of amides is 1. The van der Waals surface area contributed by atoms with E-state index in [0.717, 1.165) is 44.5 Å². The zero-order valence-corrected chi connectivity index (χ0v) is 29.2. The summed E-state index contributed by atoms with van der Waals surface area (Å²) in [6, 6.07) is 35.6. The van der Waals surface area contributed by atoms with Gasteiger partial charge in [0, 0.05) is 23.5 Å². The van der Waals surface area contributed by atoms with E-state index < -0.39 is 30.2 Å². The molecule has 5 aromatic carbocycles. The molecule has 2 aliphatic carbocycles. The summed E-state index contributed by atoms with van der Waals surface area (Å²) in [6.07, 6.45) is -1.74. The zero-order chi connectivity index (χ0) is 36.4. The molecule has 1 unspecified atom stereocenters. The molecule has 0 spiro atoms. The lowest BCUT2D eigenvalue weighted by molar-refractivity contribution is -0.144. The fourth-order valence-corrected chi connectivity index (χ4v) is 7.51. The summed E-state index contributed by atoms with van der Waals surface area (Å²) in [5, 5.41) is 10.3. The second kappa shape index (κ2) is 14.6. The summed E-state index contributed by atoms with van der Waals surface area (Å²) >= 11 is 0. The molecule has 1 amide bonds. The SMILES string of the molecule is COc1ccc(CN(C(=O)OCC2c3ccccc3-c3ccccc32)C(C(=O)O)C(C)C)c(OC(=O)OCC2c3ccccc3-c3ccccc32)c1. The van der Waals surface area contributed by atoms with Crippen molar-refractivity contribution in [1.29, 1.82) is 0 Å². The van der Waals surface area contributed by atoms with E-state index in [1.54, 1.807) is 26.0 Å². The summed E-state index contributed by atoms with van der Waals surface area (Å²) in [7, 11) is 1.48. The fraction of sp³-hybridized carbons (Fsp3) is 0.233. The summed E-state index contributed by atoms with van der Waals surface area (Å²) in [5.41, 5.74) is 8.92. The van der Waals surface area contributed by atoms with E-state index in [1.165, 1.54) is 18.1 Å². The molecule has 0 aliphatic heterocycles. The average molecular weight is 698 g/mol. The lowest BCUT2D eigenvalue weighted by Gasteiger charge is -2.31. The van der Waals surface area contributed by atoms with Crippen molar-refractivity contribution in [2.75, 3.05) is 20.3 Å². The molecule has 0 bridgehead atoms. The van der Waals surface area contributed by atoms with Crippen molar-refractivity contribution < 1.29 is 38.4 Å². The van der Waals surface area contributed by atoms with Crippen LogP contribution in [0.3, 0.4) is 0 Å². The number of ether oxygens (including phenoxy) is 4. The molecule has 0 saturated carbocycles. The standard InChI is InChI=1S/C43H39NO8/c1-26(2)40(41(45)46)44(42(47)50-24-37-33-16-8-4-12-29(33)30-13-5-9-17-34(30)37)23-27-20-21-28(49-3)22-39(27)52-43(48)51-25-38-35-18-10-6-14-31(35)32-15-7-11-19-36(32)38/h4-22,26,37-38,40H,23-25H2,1-3H3,(H,45,46). The van der Waals surface area contributed by atoms with Gasteiger partial charge in [-0.25, -0.2) is 14.4 Å². The molecule has 0 aromatic heterocycles. The molecular formula is C43H39NO8. The van der Waals surface area contributed by atoms with Gasteiger partial charge in [-0.05, 0) is 62.6 Å². The molecular weight excluding hydrogens is 658 g/mol. The second-order valence-electron chi connectivity index (χ2n) is 13.3. The quantitative estimate of drug-likeness (QED) is 0.108. The lowest BCUT2D eigenvalue weighted by atomic mass is 9.98. The van der Waals surface area contributed by atoms with E-state index in [2.05, 4.69) is 12.1 Å². The number of rotatable bonds is 11. The molecule has 0 saturated heterocycles. The number of hydrogen-bond donors (Lipinski definition) is 1. The van der Waals surface area contributed by atoms with Crippen LogP contribution in [0.25, 0.3) is 22.3 Å². The van der Waals surface area contributed by atoms with Crippen molar-refractivity contribution in [1.82, 2.24) is 4.90 Å². The van der Waals surface area contributed by atoms with Crippen LogP contribution in [0, 0.1) is 5.92 Å². The van der Waals surface area contributed by atoms with Crippen molar-refractivity contribution in [2.45, 2.75) is 38.3 Å². The molecule has 7 rings (SSSR count). The van der Waals surface area contributed by atoms with Crippen LogP contribution in [0.5, 0.6) is 11.5 Å². The monoisotopic (exact) mass is 697 g/mol. The Morgan fingerprint density at radius 2 is 1.13 bits per heavy atom. The van der Waals surface area contributed by atoms with Crippen LogP contribution < -0.4 is 9.47 Å². The van der Waals surface area contributed by atoms with Gasteiger partial charge >= 0.3 is 18.2 Å². The van der Waals surface area contributed by atoms with Gasteiger partial charge in [0.05, 0.1) is 13.7 Å². The molecule has 0 fully saturated rings. The molecule has 1 atom stereocenters. The maximum absolute atomic E-state index is 14.0. The number of carboxylic acids is 1. The third-order valence-electron chi connectivity index (χ3n) is 9.93. The first kappa shape index (κ1) is 34.4. The molecule has 0 radical (unpaired) electrons. The molecule has 2 aliphatic rings. The Labute approximate surface area is 302 Å². The highest BCUT2D eigenvalue weighted by Gasteiger charge is 2.36. The lowest BCUT2D eigenvalue weighted by Crippen LogP contribution is -2.48. The summed E-state index contributed by atoms with van der Waals surface area (Å²) in [5.74, 6) is -1.57. The van der Waals surface area contributed by atoms with Crippen LogP contribution in [0.4, 0.5) is 9.59 Å². The molecule has 264 valence electrons. The maximum Gasteiger partial charge on any atom is 0.513 e. The van der Waals surface area contributed by atoms with Gasteiger partial charge in [-0.1, -0.05) is 111 Å². The Kier molecular flexibility index (Phi) is 9.67. The van der Waals surface area contributed by atoms with Gasteiger partial charge in [0.15, 0.2) is 0 Å². The number of carboxylic acid groups (broad SMARTS) is 1. The Bertz CT molecular complexity index is 2050. The number of methoxy groups -OCH3 is 1. The van der Waals surface area contributed by atoms with Gasteiger partial charge in [0.25, 0.3) is 0 Å². The third kappa shape index (κ3) is 6.57. The highest BCUT2D eigenvalue weighted by atomic mass is 16.7. The van der Waals surface area contributed by atoms with E-state index in [4.69, 9.17) is 18.9 Å². The second-order valence-corrected chi connectivity index (χ2v) is 13.3. The minimum Gasteiger partial charge on any atom is -0.497 e. The number of fused-ring (bicyclic) bond motifs is 6. The van der Waals surface area contributed by atoms with E-state index in [9.17, 15) is 19.5 Å². The molecule has 9 heteroatoms. The van der Waals surface area contributed by atoms with Gasteiger partial charge in [0.2, 0.25) is 0 Å². The minimum atomic E-state index is -1.24. The van der Waals surface area contributed by atoms with E-state index >= 15 is 0 Å². The fourth-order valence-electron chi connectivity index (χ4n) is 7.51. The van der Waals surface area contributed by atoms with Crippen LogP contribution >= 0.6 is 0 Å². The van der Waals surface area contributed by atoms with Crippen LogP contribution in [0.1, 0.15) is 53.5 Å². The Morgan fingerprint density at radius 1 is 0.673 bits per heavy atom. The number of aliphatic carboxylic acids is 1. The average Bonchev–Trinajstić information content (AvgIpc) is 3.65. The number of hydrogen-bond acceptors (Lipinski definition) is 7. The third-order valence-corrected chi connectivity index (χ3v) is 9.93. The van der Waals surface area contributed by atoms with Crippen LogP contribution in [-0.2, 0) is 20.8 Å². The number of benzene rings is 5. The van der Waals surface area contributed by atoms with Crippen molar-refractivity contribution in [3.05, 3.63) is 143 Å². The molecule has 5 aromatic rings. The Hall–Kier alpha value is -6.09. The van der Waals surface area contributed by atoms with Gasteiger partial charge in [0.1, 0.15) is 30.8 Å². The van der Waals surface area contributed by atoms with Gasteiger partial charge in [-0.3, -0.25) is 4.90 Å². The largest absolute Gasteiger partial charge is 0.513 e. The first-order valence-electron chi connectivity index (χ1n) is 17.3. The predicted molar refractivity (Wildman–Crippen MR) is 196 cm³/mol. The predicted octanol–water partition coefficient (Wildman–Crippen LogP) is 8.88. The summed E-state index contributed by atoms with van der Waals surface area (Å²) in [6.45, 7) is 3.29. The van der Waals surface area contributed by atoms with Crippen molar-refractivity contribution in [2.24, 2.45) is 5.92 Å². The molecule has 52 heavy (non-hydrogen) atoms. The van der Waals surface area contributed by atoms with Crippen molar-refractivity contribution in [3.63, 3.8) is 0 Å². The summed E-state index contributed by atoms with van der Waals surface area (Å²) in [4.78, 5) is 41.1. The zero-order valence-electron chi connectivity index (χ0n) is 29.2. The first-order chi connectivity index (χ1) is 25.2. The number of carbonyl (C=O) groups excluding carboxylic acids is 2. The van der Waals surface area contributed by atoms with Crippen molar-refractivity contribution >= 4 is 18.2 Å². The maximum atomic E-state index is 14.0. The topological polar surface area (TPSA) is 112 Å². The Morgan fingerprint density at radius 3 is 1.58 bits per heavy atom. The number of carbonyl (C=O) groups is 3. The van der Waals surface area contributed by atoms with Gasteiger partial charge < -0.3 is 24.1 Å². The van der Waals surface area contributed by atoms with Crippen molar-refractivity contribution in [3.8, 4) is 33.8 Å². The van der Waals surface area contributed by atoms with Gasteiger partial charge in [-0.2, -0.15) is 0 Å². The van der Waals surface area contributed by atoms with Crippen LogP contribution in [0.15, 0.2) is 115 Å². The minimum absolute atomic E-state index is 0.0134. The Balaban J connectivity index is 1.11. The number of nitrogens with zero attached hydrogens (tertiary/aromatic N) is 1.